The molecule has 0 spiro atoms. The number of carbonyl (C=O) groups excluding carboxylic acids is 2. The van der Waals surface area contributed by atoms with E-state index in [2.05, 4.69) is 12.2 Å². The maximum Gasteiger partial charge on any atom is 0.246 e. The molecule has 2 amide bonds. The highest BCUT2D eigenvalue weighted by Gasteiger charge is 2.48. The van der Waals surface area contributed by atoms with Crippen molar-refractivity contribution < 1.29 is 9.59 Å². The number of rotatable bonds is 5. The lowest BCUT2D eigenvalue weighted by Crippen LogP contribution is -2.70. The first-order chi connectivity index (χ1) is 9.98. The zero-order valence-electron chi connectivity index (χ0n) is 13.5. The molecule has 2 fully saturated rings. The van der Waals surface area contributed by atoms with Crippen LogP contribution in [-0.4, -0.2) is 46.3 Å². The van der Waals surface area contributed by atoms with Gasteiger partial charge in [0.25, 0.3) is 0 Å². The van der Waals surface area contributed by atoms with Gasteiger partial charge in [-0.15, -0.1) is 0 Å². The Kier molecular flexibility index (Phi) is 5.58. The van der Waals surface area contributed by atoms with Crippen molar-refractivity contribution in [2.75, 3.05) is 18.1 Å². The molecule has 0 aromatic rings. The first-order valence-electron chi connectivity index (χ1n) is 8.18. The lowest BCUT2D eigenvalue weighted by Gasteiger charge is -2.46. The largest absolute Gasteiger partial charge is 0.342 e. The van der Waals surface area contributed by atoms with Gasteiger partial charge >= 0.3 is 0 Å². The molecule has 1 aliphatic carbocycles. The third kappa shape index (κ3) is 3.55. The van der Waals surface area contributed by atoms with Crippen molar-refractivity contribution in [3.05, 3.63) is 0 Å². The second-order valence-electron chi connectivity index (χ2n) is 6.60. The van der Waals surface area contributed by atoms with Gasteiger partial charge in [-0.05, 0) is 38.4 Å². The number of hydrogen-bond donors (Lipinski definition) is 1. The number of hydrogen-bond acceptors (Lipinski definition) is 3. The SMILES string of the molecule is CCSCCN1C(=O)C(C2CCCCC2)NC(=O)C1(C)C. The summed E-state index contributed by atoms with van der Waals surface area (Å²) in [5.74, 6) is 2.40. The van der Waals surface area contributed by atoms with Crippen LogP contribution in [0.1, 0.15) is 52.9 Å². The fraction of sp³-hybridized carbons (Fsp3) is 0.875. The summed E-state index contributed by atoms with van der Waals surface area (Å²) in [5.41, 5.74) is -0.726. The Labute approximate surface area is 132 Å². The summed E-state index contributed by atoms with van der Waals surface area (Å²) in [5, 5.41) is 3.01. The summed E-state index contributed by atoms with van der Waals surface area (Å²) in [6.45, 7) is 6.49. The van der Waals surface area contributed by atoms with E-state index in [1.54, 1.807) is 0 Å². The van der Waals surface area contributed by atoms with E-state index in [-0.39, 0.29) is 17.9 Å². The molecule has 120 valence electrons. The molecule has 1 heterocycles. The van der Waals surface area contributed by atoms with Crippen LogP contribution in [0.5, 0.6) is 0 Å². The lowest BCUT2D eigenvalue weighted by molar-refractivity contribution is -0.156. The predicted octanol–water partition coefficient (Wildman–Crippen LogP) is 2.43. The van der Waals surface area contributed by atoms with Crippen LogP contribution < -0.4 is 5.32 Å². The molecule has 1 saturated heterocycles. The second kappa shape index (κ2) is 7.03. The molecule has 0 aromatic heterocycles. The minimum absolute atomic E-state index is 0.000767. The smallest absolute Gasteiger partial charge is 0.246 e. The summed E-state index contributed by atoms with van der Waals surface area (Å²) in [7, 11) is 0. The van der Waals surface area contributed by atoms with E-state index in [1.807, 2.05) is 30.5 Å². The number of piperazine rings is 1. The van der Waals surface area contributed by atoms with E-state index in [4.69, 9.17) is 0 Å². The number of carbonyl (C=O) groups is 2. The standard InChI is InChI=1S/C16H28N2O2S/c1-4-21-11-10-18-14(19)13(12-8-6-5-7-9-12)17-15(20)16(18,2)3/h12-13H,4-11H2,1-3H3,(H,17,20). The minimum atomic E-state index is -0.726. The van der Waals surface area contributed by atoms with Crippen molar-refractivity contribution in [2.45, 2.75) is 64.5 Å². The van der Waals surface area contributed by atoms with Gasteiger partial charge < -0.3 is 10.2 Å². The lowest BCUT2D eigenvalue weighted by atomic mass is 9.81. The highest BCUT2D eigenvalue weighted by atomic mass is 32.2. The third-order valence-electron chi connectivity index (χ3n) is 4.83. The van der Waals surface area contributed by atoms with Crippen LogP contribution >= 0.6 is 11.8 Å². The molecule has 2 rings (SSSR count). The molecular formula is C16H28N2O2S. The van der Waals surface area contributed by atoms with Crippen LogP contribution in [0, 0.1) is 5.92 Å². The topological polar surface area (TPSA) is 49.4 Å². The molecule has 4 nitrogen and oxygen atoms in total. The van der Waals surface area contributed by atoms with Gasteiger partial charge in [0.05, 0.1) is 0 Å². The Morgan fingerprint density at radius 1 is 1.24 bits per heavy atom. The first-order valence-corrected chi connectivity index (χ1v) is 9.34. The van der Waals surface area contributed by atoms with Crippen molar-refractivity contribution in [2.24, 2.45) is 5.92 Å². The predicted molar refractivity (Wildman–Crippen MR) is 87.3 cm³/mol. The van der Waals surface area contributed by atoms with Gasteiger partial charge in [-0.3, -0.25) is 9.59 Å². The summed E-state index contributed by atoms with van der Waals surface area (Å²) >= 11 is 1.82. The van der Waals surface area contributed by atoms with Gasteiger partial charge in [-0.25, -0.2) is 0 Å². The maximum absolute atomic E-state index is 12.9. The number of nitrogens with one attached hydrogen (secondary N) is 1. The molecule has 1 aliphatic heterocycles. The number of thioether (sulfide) groups is 1. The average molecular weight is 312 g/mol. The molecule has 1 N–H and O–H groups in total. The highest BCUT2D eigenvalue weighted by molar-refractivity contribution is 7.99. The molecular weight excluding hydrogens is 284 g/mol. The van der Waals surface area contributed by atoms with E-state index >= 15 is 0 Å². The minimum Gasteiger partial charge on any atom is -0.342 e. The zero-order valence-corrected chi connectivity index (χ0v) is 14.3. The Bertz CT molecular complexity index is 392. The summed E-state index contributed by atoms with van der Waals surface area (Å²) in [6.07, 6.45) is 5.75. The van der Waals surface area contributed by atoms with Crippen molar-refractivity contribution in [1.82, 2.24) is 10.2 Å². The quantitative estimate of drug-likeness (QED) is 0.793. The molecule has 0 radical (unpaired) electrons. The molecule has 1 unspecified atom stereocenters. The number of amides is 2. The average Bonchev–Trinajstić information content (AvgIpc) is 2.47. The van der Waals surface area contributed by atoms with Gasteiger partial charge in [0.15, 0.2) is 0 Å². The molecule has 5 heteroatoms. The van der Waals surface area contributed by atoms with Gasteiger partial charge in [-0.1, -0.05) is 26.2 Å². The summed E-state index contributed by atoms with van der Waals surface area (Å²) in [6, 6.07) is -0.294. The Morgan fingerprint density at radius 2 is 1.90 bits per heavy atom. The van der Waals surface area contributed by atoms with E-state index < -0.39 is 5.54 Å². The molecule has 21 heavy (non-hydrogen) atoms. The molecule has 0 aromatic carbocycles. The fourth-order valence-electron chi connectivity index (χ4n) is 3.42. The second-order valence-corrected chi connectivity index (χ2v) is 7.99. The maximum atomic E-state index is 12.9. The number of nitrogens with zero attached hydrogens (tertiary/aromatic N) is 1. The molecule has 1 atom stereocenters. The van der Waals surface area contributed by atoms with Crippen molar-refractivity contribution in [1.29, 1.82) is 0 Å². The van der Waals surface area contributed by atoms with Crippen molar-refractivity contribution >= 4 is 23.6 Å². The van der Waals surface area contributed by atoms with Crippen molar-refractivity contribution in [3.8, 4) is 0 Å². The molecule has 0 bridgehead atoms. The monoisotopic (exact) mass is 312 g/mol. The van der Waals surface area contributed by atoms with Crippen LogP contribution in [0.2, 0.25) is 0 Å². The molecule has 1 saturated carbocycles. The van der Waals surface area contributed by atoms with Crippen LogP contribution in [0.4, 0.5) is 0 Å². The van der Waals surface area contributed by atoms with Gasteiger partial charge in [0.1, 0.15) is 11.6 Å². The summed E-state index contributed by atoms with van der Waals surface area (Å²) in [4.78, 5) is 27.1. The summed E-state index contributed by atoms with van der Waals surface area (Å²) < 4.78 is 0. The van der Waals surface area contributed by atoms with E-state index in [0.717, 1.165) is 24.3 Å². The van der Waals surface area contributed by atoms with Crippen LogP contribution in [0.25, 0.3) is 0 Å². The fourth-order valence-corrected chi connectivity index (χ4v) is 4.02. The van der Waals surface area contributed by atoms with Gasteiger partial charge in [-0.2, -0.15) is 11.8 Å². The highest BCUT2D eigenvalue weighted by Crippen LogP contribution is 2.31. The Morgan fingerprint density at radius 3 is 2.52 bits per heavy atom. The van der Waals surface area contributed by atoms with Gasteiger partial charge in [0.2, 0.25) is 11.8 Å². The normalized spacial score (nSPS) is 26.8. The van der Waals surface area contributed by atoms with E-state index in [9.17, 15) is 9.59 Å². The van der Waals surface area contributed by atoms with Crippen molar-refractivity contribution in [3.63, 3.8) is 0 Å². The van der Waals surface area contributed by atoms with E-state index in [1.165, 1.54) is 19.3 Å². The zero-order chi connectivity index (χ0) is 15.5. The van der Waals surface area contributed by atoms with Crippen LogP contribution in [-0.2, 0) is 9.59 Å². The Hall–Kier alpha value is -0.710. The van der Waals surface area contributed by atoms with Gasteiger partial charge in [0, 0.05) is 12.3 Å². The third-order valence-corrected chi connectivity index (χ3v) is 5.71. The van der Waals surface area contributed by atoms with Crippen LogP contribution in [0.3, 0.4) is 0 Å². The molecule has 2 aliphatic rings. The van der Waals surface area contributed by atoms with E-state index in [0.29, 0.717) is 12.5 Å². The Balaban J connectivity index is 2.11. The van der Waals surface area contributed by atoms with Crippen LogP contribution in [0.15, 0.2) is 0 Å². The first kappa shape index (κ1) is 16.7.